The van der Waals surface area contributed by atoms with E-state index in [0.29, 0.717) is 0 Å². The smallest absolute Gasteiger partial charge is 0.0462 e. The second-order valence-electron chi connectivity index (χ2n) is 24.9. The van der Waals surface area contributed by atoms with Gasteiger partial charge in [0.25, 0.3) is 0 Å². The average Bonchev–Trinajstić information content (AvgIpc) is 0.754. The Hall–Kier alpha value is -12.6. The standard InChI is InChI=1S/C44H28.C36H28N2.C17H12N.Ir/c1-4-16-35-29(12-1)15-11-23-38(35)32-24-33(43-27-30-13-2-5-17-36(30)39-19-7-9-21-41(39)43)26-34(25-32)44-28-31-14-3-6-18-37(31)40-20-8-10-22-42(40)44;1-5-13-31(14-6-1)37(32-15-7-2-8-16-32)35-25-21-29(22-26-35)30-23-27-36(28-24-30)38(33-17-9-3-10-18-33)34-19-11-4-12-20-34;1-2-7-14(8-3-1)15-9-6-10-16(13-15)17-11-4-5-12-18-17;/h1-28H;1-28H;1-9,11-13H;/q;;-1;. The topological polar surface area (TPSA) is 19.4 Å². The summed E-state index contributed by atoms with van der Waals surface area (Å²) < 4.78 is 0. The minimum atomic E-state index is 0. The van der Waals surface area contributed by atoms with E-state index < -0.39 is 0 Å². The number of aromatic nitrogens is 1. The van der Waals surface area contributed by atoms with Crippen LogP contribution in [0.25, 0.3) is 121 Å². The van der Waals surface area contributed by atoms with Gasteiger partial charge < -0.3 is 14.8 Å². The first kappa shape index (κ1) is 64.4. The van der Waals surface area contributed by atoms with Crippen molar-refractivity contribution in [1.29, 1.82) is 0 Å². The number of pyridine rings is 1. The molecule has 0 spiro atoms. The summed E-state index contributed by atoms with van der Waals surface area (Å²) in [6.07, 6.45) is 1.80. The van der Waals surface area contributed by atoms with Gasteiger partial charge in [0, 0.05) is 60.4 Å². The second kappa shape index (κ2) is 30.1. The van der Waals surface area contributed by atoms with Crippen LogP contribution >= 0.6 is 0 Å². The predicted molar refractivity (Wildman–Crippen MR) is 425 cm³/mol. The Morgan fingerprint density at radius 1 is 0.208 bits per heavy atom. The number of benzene rings is 17. The SMILES string of the molecule is [Ir].[c-]1ccc(-c2ccccc2)cc1-c1ccccn1.c1ccc(N(c2ccccc2)c2ccc(-c3ccc(N(c4ccccc4)c4ccccc4)cc3)cc2)cc1.c1ccc2c(-c3cc(-c4cc5ccccc5c5ccccc45)cc(-c4cc5ccccc5c5ccccc45)c3)cccc2c1. The Morgan fingerprint density at radius 2 is 0.554 bits per heavy atom. The molecule has 0 fully saturated rings. The number of rotatable bonds is 12. The summed E-state index contributed by atoms with van der Waals surface area (Å²) in [4.78, 5) is 8.92. The minimum absolute atomic E-state index is 0. The molecule has 0 aliphatic rings. The average molecular weight is 1470 g/mol. The molecule has 18 aromatic rings. The Labute approximate surface area is 604 Å². The van der Waals surface area contributed by atoms with Crippen molar-refractivity contribution in [1.82, 2.24) is 4.98 Å². The first-order valence-electron chi connectivity index (χ1n) is 34.1. The van der Waals surface area contributed by atoms with Gasteiger partial charge in [-0.3, -0.25) is 0 Å². The third-order valence-corrected chi connectivity index (χ3v) is 18.7. The molecule has 481 valence electrons. The molecule has 3 nitrogen and oxygen atoms in total. The Kier molecular flexibility index (Phi) is 19.2. The van der Waals surface area contributed by atoms with Crippen molar-refractivity contribution in [2.24, 2.45) is 0 Å². The van der Waals surface area contributed by atoms with Crippen molar-refractivity contribution in [3.8, 4) is 66.9 Å². The van der Waals surface area contributed by atoms with Gasteiger partial charge in [-0.15, -0.1) is 35.4 Å². The van der Waals surface area contributed by atoms with E-state index in [9.17, 15) is 0 Å². The zero-order chi connectivity index (χ0) is 66.8. The van der Waals surface area contributed by atoms with Gasteiger partial charge >= 0.3 is 0 Å². The maximum Gasteiger partial charge on any atom is 0.0462 e. The molecule has 17 aromatic carbocycles. The van der Waals surface area contributed by atoms with Gasteiger partial charge in [0.05, 0.1) is 0 Å². The number of para-hydroxylation sites is 4. The molecule has 18 rings (SSSR count). The number of fused-ring (bicyclic) bond motifs is 7. The van der Waals surface area contributed by atoms with Crippen LogP contribution in [0, 0.1) is 6.07 Å². The molecule has 1 aromatic heterocycles. The van der Waals surface area contributed by atoms with Gasteiger partial charge in [0.2, 0.25) is 0 Å². The molecule has 0 aliphatic heterocycles. The molecule has 0 bridgehead atoms. The summed E-state index contributed by atoms with van der Waals surface area (Å²) in [5.74, 6) is 0. The van der Waals surface area contributed by atoms with Gasteiger partial charge in [-0.05, 0) is 219 Å². The van der Waals surface area contributed by atoms with Crippen LogP contribution in [0.4, 0.5) is 34.1 Å². The Bertz CT molecular complexity index is 5420. The molecular formula is C97H68IrN3-. The van der Waals surface area contributed by atoms with E-state index in [0.717, 1.165) is 45.4 Å². The number of nitrogens with zero attached hydrogens (tertiary/aromatic N) is 3. The van der Waals surface area contributed by atoms with E-state index in [4.69, 9.17) is 0 Å². The monoisotopic (exact) mass is 1470 g/mol. The van der Waals surface area contributed by atoms with Crippen LogP contribution in [0.15, 0.2) is 413 Å². The molecule has 1 heterocycles. The van der Waals surface area contributed by atoms with Crippen LogP contribution in [-0.4, -0.2) is 4.98 Å². The van der Waals surface area contributed by atoms with Gasteiger partial charge in [0.1, 0.15) is 0 Å². The van der Waals surface area contributed by atoms with Crippen molar-refractivity contribution in [2.75, 3.05) is 9.80 Å². The van der Waals surface area contributed by atoms with E-state index in [-0.39, 0.29) is 20.1 Å². The van der Waals surface area contributed by atoms with Crippen LogP contribution in [0.2, 0.25) is 0 Å². The molecule has 1 radical (unpaired) electrons. The second-order valence-corrected chi connectivity index (χ2v) is 24.9. The number of anilines is 6. The molecule has 0 N–H and O–H groups in total. The van der Waals surface area contributed by atoms with E-state index in [2.05, 4.69) is 385 Å². The van der Waals surface area contributed by atoms with Crippen molar-refractivity contribution in [2.45, 2.75) is 0 Å². The third-order valence-electron chi connectivity index (χ3n) is 18.7. The molecule has 0 saturated carbocycles. The van der Waals surface area contributed by atoms with Crippen LogP contribution in [0.1, 0.15) is 0 Å². The molecule has 4 heteroatoms. The van der Waals surface area contributed by atoms with Gasteiger partial charge in [-0.25, -0.2) is 0 Å². The predicted octanol–water partition coefficient (Wildman–Crippen LogP) is 27.0. The van der Waals surface area contributed by atoms with E-state index >= 15 is 0 Å². The summed E-state index contributed by atoms with van der Waals surface area (Å²) in [6.45, 7) is 0. The molecular weight excluding hydrogens is 1400 g/mol. The van der Waals surface area contributed by atoms with Gasteiger partial charge in [0.15, 0.2) is 0 Å². The number of hydrogen-bond donors (Lipinski definition) is 0. The van der Waals surface area contributed by atoms with Gasteiger partial charge in [-0.2, -0.15) is 0 Å². The maximum atomic E-state index is 4.35. The zero-order valence-electron chi connectivity index (χ0n) is 55.4. The zero-order valence-corrected chi connectivity index (χ0v) is 57.8. The molecule has 0 aliphatic carbocycles. The largest absolute Gasteiger partial charge is 0.311 e. The van der Waals surface area contributed by atoms with Crippen LogP contribution in [0.5, 0.6) is 0 Å². The van der Waals surface area contributed by atoms with E-state index in [1.807, 2.05) is 42.5 Å². The fourth-order valence-corrected chi connectivity index (χ4v) is 13.9. The molecule has 0 saturated heterocycles. The third kappa shape index (κ3) is 13.9. The molecule has 0 amide bonds. The molecule has 0 unspecified atom stereocenters. The van der Waals surface area contributed by atoms with Crippen LogP contribution < -0.4 is 9.80 Å². The Balaban J connectivity index is 0.000000132. The summed E-state index contributed by atoms with van der Waals surface area (Å²) in [7, 11) is 0. The van der Waals surface area contributed by atoms with Crippen LogP contribution in [0.3, 0.4) is 0 Å². The first-order valence-corrected chi connectivity index (χ1v) is 34.1. The Morgan fingerprint density at radius 3 is 1.00 bits per heavy atom. The fourth-order valence-electron chi connectivity index (χ4n) is 13.9. The van der Waals surface area contributed by atoms with E-state index in [1.54, 1.807) is 6.20 Å². The van der Waals surface area contributed by atoms with Crippen molar-refractivity contribution in [3.05, 3.63) is 419 Å². The summed E-state index contributed by atoms with van der Waals surface area (Å²) in [6, 6.07) is 148. The molecule has 101 heavy (non-hydrogen) atoms. The van der Waals surface area contributed by atoms with Crippen molar-refractivity contribution in [3.63, 3.8) is 0 Å². The van der Waals surface area contributed by atoms with Crippen molar-refractivity contribution < 1.29 is 20.1 Å². The van der Waals surface area contributed by atoms with E-state index in [1.165, 1.54) is 109 Å². The first-order chi connectivity index (χ1) is 49.6. The molecule has 0 atom stereocenters. The fraction of sp³-hybridized carbons (Fsp3) is 0. The summed E-state index contributed by atoms with van der Waals surface area (Å²) in [5, 5.41) is 12.7. The normalized spacial score (nSPS) is 10.9. The van der Waals surface area contributed by atoms with Gasteiger partial charge in [-0.1, -0.05) is 279 Å². The summed E-state index contributed by atoms with van der Waals surface area (Å²) >= 11 is 0. The summed E-state index contributed by atoms with van der Waals surface area (Å²) in [5.41, 5.74) is 21.0. The quantitative estimate of drug-likeness (QED) is 0.0898. The number of hydrogen-bond acceptors (Lipinski definition) is 3. The van der Waals surface area contributed by atoms with Crippen molar-refractivity contribution >= 4 is 88.0 Å². The minimum Gasteiger partial charge on any atom is -0.311 e. The van der Waals surface area contributed by atoms with Crippen LogP contribution in [-0.2, 0) is 20.1 Å². The maximum absolute atomic E-state index is 4.35.